The molecule has 0 aliphatic heterocycles. The zero-order chi connectivity index (χ0) is 11.2. The molecule has 0 saturated heterocycles. The van der Waals surface area contributed by atoms with Crippen LogP contribution in [0.1, 0.15) is 11.4 Å². The van der Waals surface area contributed by atoms with Crippen LogP contribution in [0, 0.1) is 0 Å². The highest BCUT2D eigenvalue weighted by molar-refractivity contribution is 9.10. The first kappa shape index (κ1) is 11.2. The second-order valence-corrected chi connectivity index (χ2v) is 4.32. The van der Waals surface area contributed by atoms with Crippen LogP contribution in [0.15, 0.2) is 47.2 Å². The molecular weight excluding hydrogens is 266 g/mol. The minimum Gasteiger partial charge on any atom is -0.306 e. The largest absolute Gasteiger partial charge is 0.306 e. The van der Waals surface area contributed by atoms with E-state index in [1.165, 1.54) is 5.56 Å². The molecular formula is C12H12BrN3. The highest BCUT2D eigenvalue weighted by Gasteiger charge is 1.96. The van der Waals surface area contributed by atoms with Gasteiger partial charge in [0.05, 0.1) is 11.0 Å². The van der Waals surface area contributed by atoms with Gasteiger partial charge in [-0.2, -0.15) is 0 Å². The van der Waals surface area contributed by atoms with Gasteiger partial charge in [0.25, 0.3) is 0 Å². The Morgan fingerprint density at radius 2 is 1.69 bits per heavy atom. The lowest BCUT2D eigenvalue weighted by molar-refractivity contribution is 0.661. The summed E-state index contributed by atoms with van der Waals surface area (Å²) in [6.45, 7) is 1.52. The minimum absolute atomic E-state index is 0.683. The molecule has 82 valence electrons. The van der Waals surface area contributed by atoms with Crippen molar-refractivity contribution in [3.05, 3.63) is 58.6 Å². The summed E-state index contributed by atoms with van der Waals surface area (Å²) in [7, 11) is 0. The van der Waals surface area contributed by atoms with E-state index in [9.17, 15) is 0 Å². The SMILES string of the molecule is Brc1cnc(CNCc2ccccc2)nc1. The zero-order valence-corrected chi connectivity index (χ0v) is 10.3. The highest BCUT2D eigenvalue weighted by Crippen LogP contribution is 2.04. The van der Waals surface area contributed by atoms with Crippen molar-refractivity contribution in [2.45, 2.75) is 13.1 Å². The van der Waals surface area contributed by atoms with Gasteiger partial charge in [0.15, 0.2) is 0 Å². The van der Waals surface area contributed by atoms with Crippen molar-refractivity contribution in [2.24, 2.45) is 0 Å². The molecule has 1 aromatic carbocycles. The lowest BCUT2D eigenvalue weighted by Crippen LogP contribution is -2.14. The fourth-order valence-electron chi connectivity index (χ4n) is 1.34. The van der Waals surface area contributed by atoms with Crippen LogP contribution in [-0.4, -0.2) is 9.97 Å². The Kier molecular flexibility index (Phi) is 4.02. The van der Waals surface area contributed by atoms with E-state index in [1.807, 2.05) is 18.2 Å². The van der Waals surface area contributed by atoms with Crippen molar-refractivity contribution in [3.63, 3.8) is 0 Å². The second kappa shape index (κ2) is 5.72. The third-order valence-electron chi connectivity index (χ3n) is 2.13. The molecule has 2 rings (SSSR count). The van der Waals surface area contributed by atoms with Crippen molar-refractivity contribution in [1.29, 1.82) is 0 Å². The van der Waals surface area contributed by atoms with Crippen molar-refractivity contribution in [2.75, 3.05) is 0 Å². The van der Waals surface area contributed by atoms with Gasteiger partial charge in [-0.1, -0.05) is 30.3 Å². The average molecular weight is 278 g/mol. The Balaban J connectivity index is 1.82. The minimum atomic E-state index is 0.683. The van der Waals surface area contributed by atoms with E-state index < -0.39 is 0 Å². The summed E-state index contributed by atoms with van der Waals surface area (Å²) < 4.78 is 0.902. The summed E-state index contributed by atoms with van der Waals surface area (Å²) in [6.07, 6.45) is 3.51. The Morgan fingerprint density at radius 3 is 2.38 bits per heavy atom. The Bertz CT molecular complexity index is 428. The van der Waals surface area contributed by atoms with Crippen LogP contribution in [0.2, 0.25) is 0 Å². The maximum absolute atomic E-state index is 4.19. The van der Waals surface area contributed by atoms with Gasteiger partial charge in [0, 0.05) is 18.9 Å². The summed E-state index contributed by atoms with van der Waals surface area (Å²) in [5.74, 6) is 0.805. The third kappa shape index (κ3) is 3.40. The molecule has 16 heavy (non-hydrogen) atoms. The van der Waals surface area contributed by atoms with Gasteiger partial charge in [0.2, 0.25) is 0 Å². The van der Waals surface area contributed by atoms with Gasteiger partial charge >= 0.3 is 0 Å². The van der Waals surface area contributed by atoms with Gasteiger partial charge in [-0.25, -0.2) is 9.97 Å². The molecule has 0 fully saturated rings. The predicted octanol–water partition coefficient (Wildman–Crippen LogP) is 2.53. The fourth-order valence-corrected chi connectivity index (χ4v) is 1.55. The maximum Gasteiger partial charge on any atom is 0.142 e. The monoisotopic (exact) mass is 277 g/mol. The smallest absolute Gasteiger partial charge is 0.142 e. The van der Waals surface area contributed by atoms with E-state index in [0.717, 1.165) is 16.8 Å². The molecule has 0 amide bonds. The fraction of sp³-hybridized carbons (Fsp3) is 0.167. The van der Waals surface area contributed by atoms with Crippen LogP contribution in [-0.2, 0) is 13.1 Å². The number of hydrogen-bond acceptors (Lipinski definition) is 3. The van der Waals surface area contributed by atoms with Gasteiger partial charge in [-0.05, 0) is 21.5 Å². The summed E-state index contributed by atoms with van der Waals surface area (Å²) >= 11 is 3.30. The van der Waals surface area contributed by atoms with Crippen molar-refractivity contribution in [1.82, 2.24) is 15.3 Å². The van der Waals surface area contributed by atoms with Gasteiger partial charge in [0.1, 0.15) is 5.82 Å². The van der Waals surface area contributed by atoms with Gasteiger partial charge < -0.3 is 5.32 Å². The van der Waals surface area contributed by atoms with Crippen molar-refractivity contribution in [3.8, 4) is 0 Å². The molecule has 0 unspecified atom stereocenters. The Morgan fingerprint density at radius 1 is 1.00 bits per heavy atom. The van der Waals surface area contributed by atoms with Gasteiger partial charge in [-0.3, -0.25) is 0 Å². The topological polar surface area (TPSA) is 37.8 Å². The number of nitrogens with one attached hydrogen (secondary N) is 1. The normalized spacial score (nSPS) is 10.3. The number of nitrogens with zero attached hydrogens (tertiary/aromatic N) is 2. The maximum atomic E-state index is 4.19. The lowest BCUT2D eigenvalue weighted by Gasteiger charge is -2.03. The van der Waals surface area contributed by atoms with Gasteiger partial charge in [-0.15, -0.1) is 0 Å². The molecule has 1 heterocycles. The molecule has 0 saturated carbocycles. The van der Waals surface area contributed by atoms with Crippen LogP contribution in [0.25, 0.3) is 0 Å². The quantitative estimate of drug-likeness (QED) is 0.933. The number of benzene rings is 1. The summed E-state index contributed by atoms with van der Waals surface area (Å²) in [5, 5.41) is 3.30. The van der Waals surface area contributed by atoms with Crippen LogP contribution < -0.4 is 5.32 Å². The number of rotatable bonds is 4. The molecule has 4 heteroatoms. The van der Waals surface area contributed by atoms with E-state index in [0.29, 0.717) is 6.54 Å². The summed E-state index contributed by atoms with van der Waals surface area (Å²) in [5.41, 5.74) is 1.26. The standard InChI is InChI=1S/C12H12BrN3/c13-11-7-15-12(16-8-11)9-14-6-10-4-2-1-3-5-10/h1-5,7-8,14H,6,9H2. The highest BCUT2D eigenvalue weighted by atomic mass is 79.9. The molecule has 0 aliphatic rings. The Labute approximate surface area is 103 Å². The Hall–Kier alpha value is -1.26. The molecule has 1 aromatic heterocycles. The molecule has 1 N–H and O–H groups in total. The first-order chi connectivity index (χ1) is 7.84. The van der Waals surface area contributed by atoms with E-state index in [2.05, 4.69) is 43.3 Å². The van der Waals surface area contributed by atoms with E-state index >= 15 is 0 Å². The molecule has 2 aromatic rings. The van der Waals surface area contributed by atoms with Crippen LogP contribution in [0.5, 0.6) is 0 Å². The average Bonchev–Trinajstić information content (AvgIpc) is 2.33. The molecule has 0 spiro atoms. The van der Waals surface area contributed by atoms with E-state index in [1.54, 1.807) is 12.4 Å². The molecule has 0 atom stereocenters. The number of halogens is 1. The summed E-state index contributed by atoms with van der Waals surface area (Å²) in [6, 6.07) is 10.3. The van der Waals surface area contributed by atoms with Crippen LogP contribution in [0.4, 0.5) is 0 Å². The van der Waals surface area contributed by atoms with Crippen LogP contribution >= 0.6 is 15.9 Å². The summed E-state index contributed by atoms with van der Waals surface area (Å²) in [4.78, 5) is 8.38. The van der Waals surface area contributed by atoms with Crippen molar-refractivity contribution >= 4 is 15.9 Å². The molecule has 0 bridgehead atoms. The van der Waals surface area contributed by atoms with Crippen molar-refractivity contribution < 1.29 is 0 Å². The molecule has 0 radical (unpaired) electrons. The third-order valence-corrected chi connectivity index (χ3v) is 2.54. The number of hydrogen-bond donors (Lipinski definition) is 1. The first-order valence-electron chi connectivity index (χ1n) is 5.05. The number of aromatic nitrogens is 2. The van der Waals surface area contributed by atoms with Crippen LogP contribution in [0.3, 0.4) is 0 Å². The predicted molar refractivity (Wildman–Crippen MR) is 66.7 cm³/mol. The lowest BCUT2D eigenvalue weighted by atomic mass is 10.2. The zero-order valence-electron chi connectivity index (χ0n) is 8.73. The molecule has 3 nitrogen and oxygen atoms in total. The second-order valence-electron chi connectivity index (χ2n) is 3.41. The van der Waals surface area contributed by atoms with E-state index in [-0.39, 0.29) is 0 Å². The first-order valence-corrected chi connectivity index (χ1v) is 5.85. The van der Waals surface area contributed by atoms with E-state index in [4.69, 9.17) is 0 Å². The molecule has 0 aliphatic carbocycles.